The average molecular weight is 301 g/mol. The number of anilines is 1. The molecule has 112 valence electrons. The fourth-order valence-electron chi connectivity index (χ4n) is 3.43. The van der Waals surface area contributed by atoms with Gasteiger partial charge in [-0.25, -0.2) is 0 Å². The maximum absolute atomic E-state index is 5.54. The van der Waals surface area contributed by atoms with E-state index in [9.17, 15) is 0 Å². The molecule has 0 saturated carbocycles. The highest BCUT2D eigenvalue weighted by Crippen LogP contribution is 2.44. The molecule has 0 radical (unpaired) electrons. The van der Waals surface area contributed by atoms with Crippen molar-refractivity contribution in [1.82, 2.24) is 0 Å². The number of hydrogen-bond acceptors (Lipinski definition) is 3. The topological polar surface area (TPSA) is 30.5 Å². The second-order valence-electron chi connectivity index (χ2n) is 5.82. The summed E-state index contributed by atoms with van der Waals surface area (Å²) in [6.45, 7) is 0.302. The van der Waals surface area contributed by atoms with Crippen LogP contribution in [0.25, 0.3) is 11.1 Å². The van der Waals surface area contributed by atoms with Crippen molar-refractivity contribution in [3.63, 3.8) is 0 Å². The van der Waals surface area contributed by atoms with Crippen LogP contribution in [0.5, 0.6) is 11.5 Å². The largest absolute Gasteiger partial charge is 0.454 e. The first-order valence-corrected chi connectivity index (χ1v) is 7.74. The predicted octanol–water partition coefficient (Wildman–Crippen LogP) is 4.60. The Morgan fingerprint density at radius 2 is 1.57 bits per heavy atom. The Labute approximate surface area is 134 Å². The lowest BCUT2D eigenvalue weighted by molar-refractivity contribution is 0.174. The highest BCUT2D eigenvalue weighted by molar-refractivity contribution is 5.84. The van der Waals surface area contributed by atoms with Crippen molar-refractivity contribution in [3.8, 4) is 22.6 Å². The molecule has 0 aliphatic carbocycles. The van der Waals surface area contributed by atoms with Crippen LogP contribution in [0, 0.1) is 0 Å². The van der Waals surface area contributed by atoms with Crippen LogP contribution in [0.2, 0.25) is 0 Å². The van der Waals surface area contributed by atoms with Crippen LogP contribution in [-0.4, -0.2) is 6.79 Å². The zero-order valence-corrected chi connectivity index (χ0v) is 12.5. The van der Waals surface area contributed by atoms with Gasteiger partial charge in [-0.3, -0.25) is 0 Å². The molecule has 2 aliphatic heterocycles. The molecule has 5 rings (SSSR count). The molecule has 0 amide bonds. The van der Waals surface area contributed by atoms with Crippen LogP contribution in [0.15, 0.2) is 66.7 Å². The fourth-order valence-corrected chi connectivity index (χ4v) is 3.43. The zero-order valence-electron chi connectivity index (χ0n) is 12.5. The van der Waals surface area contributed by atoms with Crippen LogP contribution >= 0.6 is 0 Å². The van der Waals surface area contributed by atoms with E-state index in [2.05, 4.69) is 66.0 Å². The number of hydrogen-bond donors (Lipinski definition) is 1. The summed E-state index contributed by atoms with van der Waals surface area (Å²) in [5.41, 5.74) is 6.15. The van der Waals surface area contributed by atoms with Gasteiger partial charge in [-0.15, -0.1) is 0 Å². The number of ether oxygens (including phenoxy) is 2. The minimum absolute atomic E-state index is 0.107. The third-order valence-electron chi connectivity index (χ3n) is 4.52. The van der Waals surface area contributed by atoms with Gasteiger partial charge < -0.3 is 14.8 Å². The van der Waals surface area contributed by atoms with Crippen molar-refractivity contribution >= 4 is 5.69 Å². The van der Waals surface area contributed by atoms with Gasteiger partial charge in [0, 0.05) is 11.3 Å². The number of benzene rings is 3. The third-order valence-corrected chi connectivity index (χ3v) is 4.52. The van der Waals surface area contributed by atoms with Crippen LogP contribution in [-0.2, 0) is 0 Å². The average Bonchev–Trinajstić information content (AvgIpc) is 3.09. The molecule has 0 aromatic heterocycles. The first-order valence-electron chi connectivity index (χ1n) is 7.74. The summed E-state index contributed by atoms with van der Waals surface area (Å²) in [5, 5.41) is 3.66. The van der Waals surface area contributed by atoms with Crippen LogP contribution in [0.4, 0.5) is 5.69 Å². The fraction of sp³-hybridized carbons (Fsp3) is 0.100. The molecule has 23 heavy (non-hydrogen) atoms. The standard InChI is InChI=1S/C20H15NO2/c1-2-7-16-14(5-1)15-6-3-4-8-17(15)21-20(16)13-9-10-18-19(11-13)23-12-22-18/h1-11,20-21H,12H2. The normalized spacial score (nSPS) is 17.1. The molecule has 1 unspecified atom stereocenters. The number of para-hydroxylation sites is 1. The molecule has 2 aliphatic rings. The lowest BCUT2D eigenvalue weighted by atomic mass is 9.86. The molecule has 2 heterocycles. The smallest absolute Gasteiger partial charge is 0.231 e. The Balaban J connectivity index is 1.67. The number of nitrogens with one attached hydrogen (secondary N) is 1. The minimum atomic E-state index is 0.107. The van der Waals surface area contributed by atoms with E-state index in [0.29, 0.717) is 6.79 Å². The van der Waals surface area contributed by atoms with E-state index in [-0.39, 0.29) is 6.04 Å². The van der Waals surface area contributed by atoms with Crippen molar-refractivity contribution in [1.29, 1.82) is 0 Å². The van der Waals surface area contributed by atoms with Gasteiger partial charge in [-0.1, -0.05) is 48.5 Å². The molecule has 0 bridgehead atoms. The van der Waals surface area contributed by atoms with Crippen LogP contribution in [0.1, 0.15) is 17.2 Å². The van der Waals surface area contributed by atoms with Gasteiger partial charge in [0.15, 0.2) is 11.5 Å². The van der Waals surface area contributed by atoms with E-state index in [1.165, 1.54) is 22.3 Å². The second-order valence-corrected chi connectivity index (χ2v) is 5.82. The van der Waals surface area contributed by atoms with Crippen molar-refractivity contribution in [2.75, 3.05) is 12.1 Å². The van der Waals surface area contributed by atoms with Gasteiger partial charge in [-0.2, -0.15) is 0 Å². The molecule has 3 heteroatoms. The summed E-state index contributed by atoms with van der Waals surface area (Å²) in [4.78, 5) is 0. The summed E-state index contributed by atoms with van der Waals surface area (Å²) in [6, 6.07) is 23.3. The molecule has 1 N–H and O–H groups in total. The van der Waals surface area contributed by atoms with Gasteiger partial charge in [0.05, 0.1) is 6.04 Å². The monoisotopic (exact) mass is 301 g/mol. The molecule has 3 aromatic rings. The Bertz CT molecular complexity index is 904. The Morgan fingerprint density at radius 1 is 0.783 bits per heavy atom. The Hall–Kier alpha value is -2.94. The molecule has 1 atom stereocenters. The second kappa shape index (κ2) is 4.78. The lowest BCUT2D eigenvalue weighted by Gasteiger charge is -2.30. The lowest BCUT2D eigenvalue weighted by Crippen LogP contribution is -2.17. The summed E-state index contributed by atoms with van der Waals surface area (Å²) in [6.07, 6.45) is 0. The van der Waals surface area contributed by atoms with Crippen LogP contribution in [0.3, 0.4) is 0 Å². The Kier molecular flexibility index (Phi) is 2.62. The van der Waals surface area contributed by atoms with E-state index in [0.717, 1.165) is 17.2 Å². The first-order chi connectivity index (χ1) is 11.4. The number of fused-ring (bicyclic) bond motifs is 4. The maximum atomic E-state index is 5.54. The summed E-state index contributed by atoms with van der Waals surface area (Å²) in [5.74, 6) is 1.64. The minimum Gasteiger partial charge on any atom is -0.454 e. The molecule has 0 saturated heterocycles. The van der Waals surface area contributed by atoms with Gasteiger partial charge in [0.1, 0.15) is 0 Å². The third kappa shape index (κ3) is 1.90. The number of rotatable bonds is 1. The van der Waals surface area contributed by atoms with Gasteiger partial charge in [0.25, 0.3) is 0 Å². The van der Waals surface area contributed by atoms with Crippen LogP contribution < -0.4 is 14.8 Å². The van der Waals surface area contributed by atoms with E-state index in [1.54, 1.807) is 0 Å². The predicted molar refractivity (Wildman–Crippen MR) is 89.9 cm³/mol. The molecule has 3 aromatic carbocycles. The highest BCUT2D eigenvalue weighted by atomic mass is 16.7. The van der Waals surface area contributed by atoms with Gasteiger partial charge in [0.2, 0.25) is 6.79 Å². The van der Waals surface area contributed by atoms with E-state index >= 15 is 0 Å². The summed E-state index contributed by atoms with van der Waals surface area (Å²) >= 11 is 0. The van der Waals surface area contributed by atoms with Crippen molar-refractivity contribution in [2.24, 2.45) is 0 Å². The molecule has 3 nitrogen and oxygen atoms in total. The van der Waals surface area contributed by atoms with Crippen molar-refractivity contribution < 1.29 is 9.47 Å². The molecule has 0 spiro atoms. The summed E-state index contributed by atoms with van der Waals surface area (Å²) in [7, 11) is 0. The van der Waals surface area contributed by atoms with Gasteiger partial charge in [-0.05, 0) is 34.9 Å². The van der Waals surface area contributed by atoms with Gasteiger partial charge >= 0.3 is 0 Å². The molecule has 0 fully saturated rings. The SMILES string of the molecule is c1ccc2c(c1)NC(c1ccc3c(c1)OCO3)c1ccccc1-2. The first kappa shape index (κ1) is 12.6. The van der Waals surface area contributed by atoms with E-state index in [4.69, 9.17) is 9.47 Å². The van der Waals surface area contributed by atoms with E-state index in [1.807, 2.05) is 6.07 Å². The highest BCUT2D eigenvalue weighted by Gasteiger charge is 2.26. The molecular weight excluding hydrogens is 286 g/mol. The van der Waals surface area contributed by atoms with Crippen molar-refractivity contribution in [3.05, 3.63) is 77.9 Å². The Morgan fingerprint density at radius 3 is 2.52 bits per heavy atom. The van der Waals surface area contributed by atoms with Crippen molar-refractivity contribution in [2.45, 2.75) is 6.04 Å². The maximum Gasteiger partial charge on any atom is 0.231 e. The van der Waals surface area contributed by atoms with E-state index < -0.39 is 0 Å². The zero-order chi connectivity index (χ0) is 15.2. The quantitative estimate of drug-likeness (QED) is 0.712. The molecular formula is C20H15NO2. The summed E-state index contributed by atoms with van der Waals surface area (Å²) < 4.78 is 11.0.